The Morgan fingerprint density at radius 2 is 1.94 bits per heavy atom. The molecule has 17 heavy (non-hydrogen) atoms. The summed E-state index contributed by atoms with van der Waals surface area (Å²) < 4.78 is 0. The van der Waals surface area contributed by atoms with Crippen molar-refractivity contribution < 1.29 is 5.11 Å². The molecule has 0 fully saturated rings. The highest BCUT2D eigenvalue weighted by molar-refractivity contribution is 6.32. The van der Waals surface area contributed by atoms with Gasteiger partial charge in [-0.3, -0.25) is 4.79 Å². The van der Waals surface area contributed by atoms with Gasteiger partial charge in [-0.15, -0.1) is 0 Å². The molecule has 86 valence electrons. The fraction of sp³-hybridized carbons (Fsp3) is 0. The molecule has 0 bridgehead atoms. The number of aromatic hydroxyl groups is 1. The van der Waals surface area contributed by atoms with Gasteiger partial charge in [-0.2, -0.15) is 0 Å². The molecule has 0 aliphatic rings. The van der Waals surface area contributed by atoms with Gasteiger partial charge in [-0.25, -0.2) is 0 Å². The lowest BCUT2D eigenvalue weighted by Gasteiger charge is -1.97. The van der Waals surface area contributed by atoms with E-state index >= 15 is 0 Å². The van der Waals surface area contributed by atoms with E-state index in [0.717, 1.165) is 11.6 Å². The predicted octanol–water partition coefficient (Wildman–Crippen LogP) is 2.90. The molecule has 0 saturated carbocycles. The molecule has 0 saturated heterocycles. The number of aromatic nitrogens is 1. The molecule has 0 unspecified atom stereocenters. The smallest absolute Gasteiger partial charge is 0.252 e. The Balaban J connectivity index is 2.32. The van der Waals surface area contributed by atoms with Crippen molar-refractivity contribution in [3.63, 3.8) is 0 Å². The van der Waals surface area contributed by atoms with Gasteiger partial charge in [0.1, 0.15) is 5.75 Å². The number of hydrogen-bond acceptors (Lipinski definition) is 2. The van der Waals surface area contributed by atoms with Crippen LogP contribution < -0.4 is 5.56 Å². The lowest BCUT2D eigenvalue weighted by Crippen LogP contribution is -2.03. The highest BCUT2D eigenvalue weighted by atomic mass is 35.5. The molecule has 2 rings (SSSR count). The molecule has 0 radical (unpaired) electrons. The number of H-pyrrole nitrogens is 1. The van der Waals surface area contributed by atoms with Crippen LogP contribution in [0.5, 0.6) is 5.75 Å². The van der Waals surface area contributed by atoms with Crippen molar-refractivity contribution in [1.29, 1.82) is 0 Å². The Hall–Kier alpha value is -2.00. The minimum atomic E-state index is -0.344. The van der Waals surface area contributed by atoms with E-state index in [2.05, 4.69) is 4.98 Å². The second-order valence-electron chi connectivity index (χ2n) is 3.51. The number of nitrogens with one attached hydrogen (secondary N) is 1. The summed E-state index contributed by atoms with van der Waals surface area (Å²) in [6.45, 7) is 0. The van der Waals surface area contributed by atoms with E-state index < -0.39 is 0 Å². The highest BCUT2D eigenvalue weighted by Crippen LogP contribution is 2.17. The molecular formula is C13H10ClNO2. The van der Waals surface area contributed by atoms with E-state index in [1.165, 1.54) is 6.07 Å². The maximum absolute atomic E-state index is 11.1. The molecule has 2 aromatic rings. The van der Waals surface area contributed by atoms with Gasteiger partial charge >= 0.3 is 0 Å². The van der Waals surface area contributed by atoms with Crippen LogP contribution in [0, 0.1) is 0 Å². The monoisotopic (exact) mass is 247 g/mol. The van der Waals surface area contributed by atoms with Crippen LogP contribution in [0.3, 0.4) is 0 Å². The molecule has 4 heteroatoms. The molecule has 0 aliphatic carbocycles. The maximum atomic E-state index is 11.1. The first-order valence-corrected chi connectivity index (χ1v) is 5.39. The van der Waals surface area contributed by atoms with Crippen molar-refractivity contribution >= 4 is 23.8 Å². The fourth-order valence-electron chi connectivity index (χ4n) is 1.43. The molecule has 2 N–H and O–H groups in total. The molecule has 0 aliphatic heterocycles. The molecule has 1 aromatic carbocycles. The van der Waals surface area contributed by atoms with Gasteiger partial charge < -0.3 is 10.1 Å². The summed E-state index contributed by atoms with van der Waals surface area (Å²) in [4.78, 5) is 13.7. The molecule has 0 amide bonds. The first kappa shape index (κ1) is 11.5. The Morgan fingerprint density at radius 1 is 1.18 bits per heavy atom. The van der Waals surface area contributed by atoms with E-state index in [1.54, 1.807) is 18.2 Å². The summed E-state index contributed by atoms with van der Waals surface area (Å²) in [5, 5.41) is 9.90. The van der Waals surface area contributed by atoms with Gasteiger partial charge in [-0.1, -0.05) is 35.9 Å². The number of hydrogen-bond donors (Lipinski definition) is 2. The summed E-state index contributed by atoms with van der Waals surface area (Å²) in [5.74, 6) is -0.0624. The van der Waals surface area contributed by atoms with Crippen LogP contribution in [0.2, 0.25) is 5.02 Å². The first-order chi connectivity index (χ1) is 8.15. The van der Waals surface area contributed by atoms with Crippen molar-refractivity contribution in [1.82, 2.24) is 4.98 Å². The molecule has 0 atom stereocenters. The Labute approximate surface area is 103 Å². The van der Waals surface area contributed by atoms with Crippen LogP contribution in [0.25, 0.3) is 12.2 Å². The van der Waals surface area contributed by atoms with Crippen molar-refractivity contribution in [3.05, 3.63) is 63.0 Å². The van der Waals surface area contributed by atoms with Gasteiger partial charge in [0.05, 0.1) is 0 Å². The number of halogens is 1. The molecule has 0 spiro atoms. The second-order valence-corrected chi connectivity index (χ2v) is 3.92. The summed E-state index contributed by atoms with van der Waals surface area (Å²) in [6.07, 6.45) is 3.45. The lowest BCUT2D eigenvalue weighted by atomic mass is 10.2. The third-order valence-corrected chi connectivity index (χ3v) is 2.54. The molecular weight excluding hydrogens is 238 g/mol. The van der Waals surface area contributed by atoms with Crippen LogP contribution in [-0.2, 0) is 0 Å². The fourth-order valence-corrected chi connectivity index (χ4v) is 1.63. The lowest BCUT2D eigenvalue weighted by molar-refractivity contribution is 0.473. The van der Waals surface area contributed by atoms with Crippen molar-refractivity contribution in [3.8, 4) is 5.75 Å². The van der Waals surface area contributed by atoms with Crippen LogP contribution in [0.15, 0.2) is 41.2 Å². The average Bonchev–Trinajstić information content (AvgIpc) is 2.27. The minimum absolute atomic E-state index is 0.0624. The summed E-state index contributed by atoms with van der Waals surface area (Å²) >= 11 is 5.98. The summed E-state index contributed by atoms with van der Waals surface area (Å²) in [7, 11) is 0. The summed E-state index contributed by atoms with van der Waals surface area (Å²) in [5.41, 5.74) is 1.03. The molecule has 3 nitrogen and oxygen atoms in total. The van der Waals surface area contributed by atoms with Crippen molar-refractivity contribution in [2.75, 3.05) is 0 Å². The number of rotatable bonds is 2. The normalized spacial score (nSPS) is 10.9. The second kappa shape index (κ2) is 4.89. The highest BCUT2D eigenvalue weighted by Gasteiger charge is 1.96. The van der Waals surface area contributed by atoms with E-state index in [9.17, 15) is 9.90 Å². The average molecular weight is 248 g/mol. The molecule has 1 aromatic heterocycles. The first-order valence-electron chi connectivity index (χ1n) is 5.01. The number of aromatic amines is 1. The third-order valence-electron chi connectivity index (χ3n) is 2.20. The SMILES string of the molecule is O=c1cc(O)cc(/C=C/c2ccccc2Cl)[nH]1. The number of benzene rings is 1. The summed E-state index contributed by atoms with van der Waals surface area (Å²) in [6, 6.07) is 9.94. The quantitative estimate of drug-likeness (QED) is 0.857. The van der Waals surface area contributed by atoms with Crippen LogP contribution in [0.4, 0.5) is 0 Å². The predicted molar refractivity (Wildman–Crippen MR) is 69.1 cm³/mol. The molecule has 1 heterocycles. The van der Waals surface area contributed by atoms with Crippen molar-refractivity contribution in [2.45, 2.75) is 0 Å². The van der Waals surface area contributed by atoms with Gasteiger partial charge in [0.15, 0.2) is 0 Å². The largest absolute Gasteiger partial charge is 0.508 e. The zero-order valence-corrected chi connectivity index (χ0v) is 9.61. The Morgan fingerprint density at radius 3 is 2.65 bits per heavy atom. The van der Waals surface area contributed by atoms with Crippen molar-refractivity contribution in [2.24, 2.45) is 0 Å². The zero-order valence-electron chi connectivity index (χ0n) is 8.85. The van der Waals surface area contributed by atoms with Crippen LogP contribution in [0.1, 0.15) is 11.3 Å². The topological polar surface area (TPSA) is 53.1 Å². The van der Waals surface area contributed by atoms with E-state index in [0.29, 0.717) is 10.7 Å². The van der Waals surface area contributed by atoms with Gasteiger partial charge in [0.25, 0.3) is 5.56 Å². The van der Waals surface area contributed by atoms with Gasteiger partial charge in [0, 0.05) is 22.8 Å². The standard InChI is InChI=1S/C13H10ClNO2/c14-12-4-2-1-3-9(12)5-6-10-7-11(16)8-13(17)15-10/h1-8H,(H2,15,16,17)/b6-5+. The van der Waals surface area contributed by atoms with E-state index in [-0.39, 0.29) is 11.3 Å². The van der Waals surface area contributed by atoms with E-state index in [4.69, 9.17) is 11.6 Å². The third kappa shape index (κ3) is 2.98. The van der Waals surface area contributed by atoms with Gasteiger partial charge in [-0.05, 0) is 17.7 Å². The minimum Gasteiger partial charge on any atom is -0.508 e. The van der Waals surface area contributed by atoms with Gasteiger partial charge in [0.2, 0.25) is 0 Å². The maximum Gasteiger partial charge on any atom is 0.252 e. The van der Waals surface area contributed by atoms with Crippen LogP contribution in [-0.4, -0.2) is 10.1 Å². The zero-order chi connectivity index (χ0) is 12.3. The number of pyridine rings is 1. The Bertz CT molecular complexity index is 617. The van der Waals surface area contributed by atoms with Crippen LogP contribution >= 0.6 is 11.6 Å². The van der Waals surface area contributed by atoms with E-state index in [1.807, 2.05) is 18.2 Å². The Kier molecular flexibility index (Phi) is 3.30.